The number of hydrogen-bond acceptors (Lipinski definition) is 2. The lowest BCUT2D eigenvalue weighted by atomic mass is 9.79. The summed E-state index contributed by atoms with van der Waals surface area (Å²) in [7, 11) is 1.16. The fourth-order valence-electron chi connectivity index (χ4n) is 3.24. The summed E-state index contributed by atoms with van der Waals surface area (Å²) in [6.45, 7) is 4.56. The van der Waals surface area contributed by atoms with Gasteiger partial charge in [-0.05, 0) is 55.8 Å². The second-order valence-corrected chi connectivity index (χ2v) is 8.49. The smallest absolute Gasteiger partial charge is 0.0507 e. The molecule has 4 heteroatoms. The van der Waals surface area contributed by atoms with E-state index in [0.717, 1.165) is 23.4 Å². The van der Waals surface area contributed by atoms with Crippen LogP contribution in [0.2, 0.25) is 5.02 Å². The Morgan fingerprint density at radius 3 is 2.52 bits per heavy atom. The van der Waals surface area contributed by atoms with Crippen LogP contribution in [-0.4, -0.2) is 22.5 Å². The van der Waals surface area contributed by atoms with Gasteiger partial charge in [-0.25, -0.2) is 0 Å². The van der Waals surface area contributed by atoms with Crippen LogP contribution >= 0.6 is 11.6 Å². The van der Waals surface area contributed by atoms with Crippen molar-refractivity contribution in [1.82, 2.24) is 5.32 Å². The molecule has 1 aromatic carbocycles. The first-order chi connectivity index (χ1) is 10.0. The van der Waals surface area contributed by atoms with Crippen LogP contribution in [0.5, 0.6) is 0 Å². The van der Waals surface area contributed by atoms with Crippen molar-refractivity contribution < 1.29 is 4.21 Å². The topological polar surface area (TPSA) is 29.1 Å². The van der Waals surface area contributed by atoms with Crippen molar-refractivity contribution in [3.05, 3.63) is 34.9 Å². The standard InChI is InChI=1S/C17H26ClNOS/c1-12(2)14-6-9-16(19-3)17(10-14)21(20)11-13-4-7-15(18)8-5-13/h4-5,7-8,12,14,16-17,19H,6,9-11H2,1-3H3. The van der Waals surface area contributed by atoms with E-state index in [0.29, 0.717) is 23.6 Å². The molecule has 0 bridgehead atoms. The summed E-state index contributed by atoms with van der Waals surface area (Å²) in [5.74, 6) is 2.01. The van der Waals surface area contributed by atoms with Crippen molar-refractivity contribution in [2.75, 3.05) is 7.05 Å². The fourth-order valence-corrected chi connectivity index (χ4v) is 5.20. The molecule has 21 heavy (non-hydrogen) atoms. The number of benzene rings is 1. The van der Waals surface area contributed by atoms with Gasteiger partial charge in [0.2, 0.25) is 0 Å². The molecule has 118 valence electrons. The number of hydrogen-bond donors (Lipinski definition) is 1. The van der Waals surface area contributed by atoms with Crippen LogP contribution in [0, 0.1) is 11.8 Å². The average Bonchev–Trinajstić information content (AvgIpc) is 2.48. The highest BCUT2D eigenvalue weighted by Gasteiger charge is 2.34. The SMILES string of the molecule is CNC1CCC(C(C)C)CC1S(=O)Cc1ccc(Cl)cc1. The van der Waals surface area contributed by atoms with Crippen LogP contribution in [0.3, 0.4) is 0 Å². The van der Waals surface area contributed by atoms with Crippen LogP contribution in [0.15, 0.2) is 24.3 Å². The lowest BCUT2D eigenvalue weighted by Gasteiger charge is -2.37. The van der Waals surface area contributed by atoms with Gasteiger partial charge in [0, 0.05) is 27.6 Å². The Balaban J connectivity index is 2.05. The molecule has 2 rings (SSSR count). The quantitative estimate of drug-likeness (QED) is 0.885. The van der Waals surface area contributed by atoms with Crippen molar-refractivity contribution in [3.63, 3.8) is 0 Å². The van der Waals surface area contributed by atoms with E-state index in [2.05, 4.69) is 19.2 Å². The number of halogens is 1. The molecule has 1 aliphatic rings. The van der Waals surface area contributed by atoms with Gasteiger partial charge < -0.3 is 5.32 Å². The Morgan fingerprint density at radius 2 is 1.95 bits per heavy atom. The van der Waals surface area contributed by atoms with E-state index in [1.165, 1.54) is 6.42 Å². The van der Waals surface area contributed by atoms with Crippen LogP contribution in [0.1, 0.15) is 38.7 Å². The van der Waals surface area contributed by atoms with Gasteiger partial charge in [0.1, 0.15) is 0 Å². The first-order valence-corrected chi connectivity index (χ1v) is 9.56. The molecular formula is C17H26ClNOS. The zero-order valence-corrected chi connectivity index (χ0v) is 14.7. The normalized spacial score (nSPS) is 27.8. The zero-order chi connectivity index (χ0) is 15.4. The third-order valence-electron chi connectivity index (χ3n) is 4.71. The van der Waals surface area contributed by atoms with Crippen molar-refractivity contribution >= 4 is 22.4 Å². The Bertz CT molecular complexity index is 474. The Morgan fingerprint density at radius 1 is 1.29 bits per heavy atom. The first kappa shape index (κ1) is 17.0. The predicted octanol–water partition coefficient (Wildman–Crippen LogP) is 4.00. The summed E-state index contributed by atoms with van der Waals surface area (Å²) in [6.07, 6.45) is 3.46. The van der Waals surface area contributed by atoms with Gasteiger partial charge in [-0.1, -0.05) is 37.6 Å². The van der Waals surface area contributed by atoms with Crippen molar-refractivity contribution in [3.8, 4) is 0 Å². The third kappa shape index (κ3) is 4.54. The molecule has 1 N–H and O–H groups in total. The maximum atomic E-state index is 12.8. The molecule has 2 nitrogen and oxygen atoms in total. The molecule has 1 fully saturated rings. The highest BCUT2D eigenvalue weighted by Crippen LogP contribution is 2.33. The molecular weight excluding hydrogens is 302 g/mol. The second kappa shape index (κ2) is 7.75. The van der Waals surface area contributed by atoms with Crippen LogP contribution in [0.25, 0.3) is 0 Å². The van der Waals surface area contributed by atoms with Crippen molar-refractivity contribution in [2.24, 2.45) is 11.8 Å². The van der Waals surface area contributed by atoms with E-state index in [4.69, 9.17) is 11.6 Å². The minimum atomic E-state index is -0.837. The highest BCUT2D eigenvalue weighted by molar-refractivity contribution is 7.84. The van der Waals surface area contributed by atoms with E-state index in [1.54, 1.807) is 0 Å². The van der Waals surface area contributed by atoms with Crippen molar-refractivity contribution in [1.29, 1.82) is 0 Å². The molecule has 4 unspecified atom stereocenters. The van der Waals surface area contributed by atoms with E-state index < -0.39 is 10.8 Å². The summed E-state index contributed by atoms with van der Waals surface area (Å²) < 4.78 is 12.8. The Kier molecular flexibility index (Phi) is 6.27. The lowest BCUT2D eigenvalue weighted by Crippen LogP contribution is -2.45. The minimum Gasteiger partial charge on any atom is -0.316 e. The van der Waals surface area contributed by atoms with Gasteiger partial charge in [0.15, 0.2) is 0 Å². The van der Waals surface area contributed by atoms with Crippen molar-refractivity contribution in [2.45, 2.75) is 50.2 Å². The fraction of sp³-hybridized carbons (Fsp3) is 0.647. The van der Waals surface area contributed by atoms with E-state index in [9.17, 15) is 4.21 Å². The monoisotopic (exact) mass is 327 g/mol. The van der Waals surface area contributed by atoms with Gasteiger partial charge in [0.25, 0.3) is 0 Å². The highest BCUT2D eigenvalue weighted by atomic mass is 35.5. The van der Waals surface area contributed by atoms with Crippen LogP contribution in [-0.2, 0) is 16.6 Å². The summed E-state index contributed by atoms with van der Waals surface area (Å²) in [6, 6.07) is 8.10. The molecule has 0 aromatic heterocycles. The number of rotatable bonds is 5. The average molecular weight is 328 g/mol. The molecule has 4 atom stereocenters. The summed E-state index contributed by atoms with van der Waals surface area (Å²) in [4.78, 5) is 0. The number of nitrogens with one attached hydrogen (secondary N) is 1. The predicted molar refractivity (Wildman–Crippen MR) is 92.1 cm³/mol. The van der Waals surface area contributed by atoms with Crippen LogP contribution in [0.4, 0.5) is 0 Å². The van der Waals surface area contributed by atoms with Gasteiger partial charge in [-0.3, -0.25) is 4.21 Å². The van der Waals surface area contributed by atoms with E-state index in [1.807, 2.05) is 31.3 Å². The molecule has 0 amide bonds. The maximum Gasteiger partial charge on any atom is 0.0507 e. The molecule has 0 heterocycles. The van der Waals surface area contributed by atoms with Gasteiger partial charge in [-0.15, -0.1) is 0 Å². The van der Waals surface area contributed by atoms with Crippen LogP contribution < -0.4 is 5.32 Å². The van der Waals surface area contributed by atoms with E-state index >= 15 is 0 Å². The molecule has 1 saturated carbocycles. The Labute approximate surface area is 136 Å². The molecule has 0 spiro atoms. The zero-order valence-electron chi connectivity index (χ0n) is 13.1. The first-order valence-electron chi connectivity index (χ1n) is 7.80. The molecule has 1 aromatic rings. The maximum absolute atomic E-state index is 12.8. The summed E-state index contributed by atoms with van der Waals surface area (Å²) in [5, 5.41) is 4.36. The molecule has 1 aliphatic carbocycles. The van der Waals surface area contributed by atoms with Gasteiger partial charge in [-0.2, -0.15) is 0 Å². The Hall–Kier alpha value is -0.380. The molecule has 0 saturated heterocycles. The summed E-state index contributed by atoms with van der Waals surface area (Å²) in [5.41, 5.74) is 1.11. The molecule has 0 aliphatic heterocycles. The van der Waals surface area contributed by atoms with Gasteiger partial charge >= 0.3 is 0 Å². The largest absolute Gasteiger partial charge is 0.316 e. The summed E-state index contributed by atoms with van der Waals surface area (Å²) >= 11 is 5.91. The minimum absolute atomic E-state index is 0.256. The second-order valence-electron chi connectivity index (χ2n) is 6.40. The lowest BCUT2D eigenvalue weighted by molar-refractivity contribution is 0.249. The molecule has 0 radical (unpaired) electrons. The van der Waals surface area contributed by atoms with Gasteiger partial charge in [0.05, 0.1) is 5.25 Å². The third-order valence-corrected chi connectivity index (χ3v) is 6.77. The van der Waals surface area contributed by atoms with E-state index in [-0.39, 0.29) is 5.25 Å².